The molecule has 4 aromatic rings. The topological polar surface area (TPSA) is 326 Å². The number of anilines is 4. The number of hydrogen-bond acceptors (Lipinski definition) is 13. The van der Waals surface area contributed by atoms with Crippen LogP contribution in [-0.4, -0.2) is 78.0 Å². The molecule has 0 bridgehead atoms. The average Bonchev–Trinajstić information content (AvgIpc) is 3.11. The number of aromatic carboxylic acids is 2. The van der Waals surface area contributed by atoms with E-state index >= 15 is 0 Å². The Hall–Kier alpha value is -6.73. The average molecular weight is 755 g/mol. The second-order valence-corrected chi connectivity index (χ2v) is 11.0. The largest absolute Gasteiger partial charge is 0.478 e. The first kappa shape index (κ1) is 44.3. The van der Waals surface area contributed by atoms with E-state index in [0.29, 0.717) is 45.0 Å². The van der Waals surface area contributed by atoms with Crippen LogP contribution in [0.2, 0.25) is 0 Å². The fraction of sp³-hybridized carbons (Fsp3) is 0.0857. The third-order valence-electron chi connectivity index (χ3n) is 6.57. The van der Waals surface area contributed by atoms with Crippen molar-refractivity contribution in [2.24, 2.45) is 0 Å². The van der Waals surface area contributed by atoms with Crippen molar-refractivity contribution >= 4 is 81.3 Å². The van der Waals surface area contributed by atoms with E-state index in [2.05, 4.69) is 9.47 Å². The molecule has 0 aliphatic carbocycles. The smallest absolute Gasteiger partial charge is 0.394 e. The van der Waals surface area contributed by atoms with Gasteiger partial charge < -0.3 is 47.7 Å². The Morgan fingerprint density at radius 2 is 0.717 bits per heavy atom. The van der Waals surface area contributed by atoms with Crippen molar-refractivity contribution in [2.45, 2.75) is 0 Å². The van der Waals surface area contributed by atoms with Crippen molar-refractivity contribution < 1.29 is 61.5 Å². The van der Waals surface area contributed by atoms with Gasteiger partial charge in [0.15, 0.2) is 0 Å². The van der Waals surface area contributed by atoms with Crippen LogP contribution in [0, 0.1) is 0 Å². The molecule has 0 atom stereocenters. The molecule has 18 heteroatoms. The lowest BCUT2D eigenvalue weighted by atomic mass is 10.1. The molecule has 0 amide bonds. The summed E-state index contributed by atoms with van der Waals surface area (Å²) in [5, 5.41) is 24.8. The highest BCUT2D eigenvalue weighted by Gasteiger charge is 2.09. The molecule has 4 rings (SSSR count). The molecule has 53 heavy (non-hydrogen) atoms. The Kier molecular flexibility index (Phi) is 17.4. The summed E-state index contributed by atoms with van der Waals surface area (Å²) in [6, 6.07) is 18.6. The van der Waals surface area contributed by atoms with Crippen LogP contribution in [0.1, 0.15) is 63.7 Å². The first-order valence-electron chi connectivity index (χ1n) is 14.6. The van der Waals surface area contributed by atoms with Crippen LogP contribution in [0.4, 0.5) is 22.7 Å². The molecule has 13 N–H and O–H groups in total. The summed E-state index contributed by atoms with van der Waals surface area (Å²) in [5.41, 5.74) is 28.8. The Morgan fingerprint density at radius 3 is 0.906 bits per heavy atom. The summed E-state index contributed by atoms with van der Waals surface area (Å²) < 4.78 is 40.9. The molecule has 0 spiro atoms. The molecular weight excluding hydrogens is 716 g/mol. The normalized spacial score (nSPS) is 10.5. The summed E-state index contributed by atoms with van der Waals surface area (Å²) in [5.74, 6) is -2.98. The lowest BCUT2D eigenvalue weighted by Crippen LogP contribution is -2.03. The minimum atomic E-state index is -4.67. The van der Waals surface area contributed by atoms with Crippen molar-refractivity contribution in [3.63, 3.8) is 0 Å². The molecule has 282 valence electrons. The lowest BCUT2D eigenvalue weighted by molar-refractivity contribution is 0.0592. The number of hydrogen-bond donors (Lipinski definition) is 9. The van der Waals surface area contributed by atoms with Crippen LogP contribution in [0.15, 0.2) is 72.8 Å². The van der Waals surface area contributed by atoms with Crippen LogP contribution >= 0.6 is 0 Å². The van der Waals surface area contributed by atoms with Gasteiger partial charge in [-0.2, -0.15) is 8.42 Å². The summed E-state index contributed by atoms with van der Waals surface area (Å²) >= 11 is 0. The highest BCUT2D eigenvalue weighted by molar-refractivity contribution is 7.79. The van der Waals surface area contributed by atoms with E-state index in [-0.39, 0.29) is 11.1 Å². The number of rotatable bonds is 8. The second kappa shape index (κ2) is 20.8. The van der Waals surface area contributed by atoms with Gasteiger partial charge in [-0.3, -0.25) is 9.11 Å². The van der Waals surface area contributed by atoms with Gasteiger partial charge in [-0.15, -0.1) is 0 Å². The van der Waals surface area contributed by atoms with Gasteiger partial charge in [-0.25, -0.2) is 19.2 Å². The molecule has 4 aromatic carbocycles. The van der Waals surface area contributed by atoms with Crippen LogP contribution in [0.5, 0.6) is 0 Å². The quantitative estimate of drug-likeness (QED) is 0.0531. The Bertz CT molecular complexity index is 1970. The number of carbonyl (C=O) groups excluding carboxylic acids is 2. The minimum Gasteiger partial charge on any atom is -0.478 e. The van der Waals surface area contributed by atoms with Crippen LogP contribution in [0.25, 0.3) is 24.3 Å². The standard InChI is InChI=1S/C18H18N2O4.C16H14N2O4.CH4O.H2O4S/c1-23-17(21)13-7-5-11(15(19)9-13)3-4-12-6-8-14(10-16(12)20)18(22)24-2;17-13-7-11(15(19)20)5-3-9(13)1-2-10-4-6-12(16(21)22)8-14(10)18;1-2;1-5(2,3)4/h3-10H,19-20H2,1-2H3;1-8H,17-18H2,(H,19,20)(H,21,22);2H,1H3;(H2,1,2,3,4)/b4-3+;2-1+;;. The zero-order valence-electron chi connectivity index (χ0n) is 28.5. The summed E-state index contributed by atoms with van der Waals surface area (Å²) in [6.45, 7) is 0. The molecule has 0 heterocycles. The number of carboxylic acid groups (broad SMARTS) is 2. The highest BCUT2D eigenvalue weighted by atomic mass is 32.3. The molecule has 0 aliphatic rings. The van der Waals surface area contributed by atoms with Crippen molar-refractivity contribution in [1.29, 1.82) is 0 Å². The molecule has 0 aliphatic heterocycles. The third kappa shape index (κ3) is 15.0. The third-order valence-corrected chi connectivity index (χ3v) is 6.57. The van der Waals surface area contributed by atoms with Gasteiger partial charge >= 0.3 is 34.3 Å². The maximum Gasteiger partial charge on any atom is 0.394 e. The number of esters is 2. The number of carbonyl (C=O) groups is 4. The number of nitrogens with two attached hydrogens (primary N) is 4. The van der Waals surface area contributed by atoms with E-state index in [1.807, 2.05) is 0 Å². The van der Waals surface area contributed by atoms with E-state index in [1.165, 1.54) is 38.5 Å². The number of methoxy groups -OCH3 is 2. The van der Waals surface area contributed by atoms with Crippen LogP contribution < -0.4 is 22.9 Å². The maximum atomic E-state index is 11.5. The molecule has 0 radical (unpaired) electrons. The maximum absolute atomic E-state index is 11.5. The number of aliphatic hydroxyl groups excluding tert-OH is 1. The number of aliphatic hydroxyl groups is 1. The predicted octanol–water partition coefficient (Wildman–Crippen LogP) is 3.97. The SMILES string of the molecule is CO.COC(=O)c1ccc(/C=C/c2ccc(C(=O)OC)cc2N)c(N)c1.Nc1cc(C(=O)O)ccc1/C=C/c1ccc(C(=O)O)cc1N.O=S(=O)(O)O. The van der Waals surface area contributed by atoms with E-state index in [9.17, 15) is 19.2 Å². The molecule has 0 aromatic heterocycles. The molecule has 0 fully saturated rings. The fourth-order valence-corrected chi connectivity index (χ4v) is 4.02. The number of ether oxygens (including phenoxy) is 2. The van der Waals surface area contributed by atoms with Crippen molar-refractivity contribution in [3.8, 4) is 0 Å². The molecule has 0 saturated heterocycles. The Morgan fingerprint density at radius 1 is 0.509 bits per heavy atom. The van der Waals surface area contributed by atoms with Crippen LogP contribution in [-0.2, 0) is 19.9 Å². The Labute approximate surface area is 304 Å². The summed E-state index contributed by atoms with van der Waals surface area (Å²) in [7, 11) is -1.04. The lowest BCUT2D eigenvalue weighted by Gasteiger charge is -2.06. The molecule has 17 nitrogen and oxygen atoms in total. The van der Waals surface area contributed by atoms with Crippen molar-refractivity contribution in [3.05, 3.63) is 117 Å². The predicted molar refractivity (Wildman–Crippen MR) is 200 cm³/mol. The van der Waals surface area contributed by atoms with Gasteiger partial charge in [0.1, 0.15) is 0 Å². The van der Waals surface area contributed by atoms with E-state index in [4.69, 9.17) is 55.8 Å². The van der Waals surface area contributed by atoms with Gasteiger partial charge in [-0.05, 0) is 70.8 Å². The van der Waals surface area contributed by atoms with Gasteiger partial charge in [0.05, 0.1) is 36.5 Å². The summed E-state index contributed by atoms with van der Waals surface area (Å²) in [4.78, 5) is 44.6. The van der Waals surface area contributed by atoms with E-state index in [0.717, 1.165) is 18.2 Å². The van der Waals surface area contributed by atoms with Gasteiger partial charge in [-0.1, -0.05) is 48.6 Å². The van der Waals surface area contributed by atoms with Gasteiger partial charge in [0.2, 0.25) is 0 Å². The Balaban J connectivity index is 0.000000452. The van der Waals surface area contributed by atoms with Crippen molar-refractivity contribution in [2.75, 3.05) is 44.3 Å². The monoisotopic (exact) mass is 754 g/mol. The van der Waals surface area contributed by atoms with Gasteiger partial charge in [0, 0.05) is 29.9 Å². The minimum absolute atomic E-state index is 0.111. The first-order valence-corrected chi connectivity index (χ1v) is 16.0. The fourth-order valence-electron chi connectivity index (χ4n) is 4.02. The summed E-state index contributed by atoms with van der Waals surface area (Å²) in [6.07, 6.45) is 6.93. The molecule has 0 saturated carbocycles. The van der Waals surface area contributed by atoms with E-state index < -0.39 is 34.3 Å². The van der Waals surface area contributed by atoms with E-state index in [1.54, 1.807) is 72.8 Å². The highest BCUT2D eigenvalue weighted by Crippen LogP contribution is 2.23. The van der Waals surface area contributed by atoms with Crippen molar-refractivity contribution in [1.82, 2.24) is 0 Å². The number of carboxylic acids is 2. The molecule has 0 unspecified atom stereocenters. The first-order chi connectivity index (χ1) is 24.8. The van der Waals surface area contributed by atoms with Crippen LogP contribution in [0.3, 0.4) is 0 Å². The second-order valence-electron chi connectivity index (χ2n) is 10.1. The van der Waals surface area contributed by atoms with Gasteiger partial charge in [0.25, 0.3) is 0 Å². The number of nitrogen functional groups attached to an aromatic ring is 4. The zero-order chi connectivity index (χ0) is 40.5. The number of benzene rings is 4. The zero-order valence-corrected chi connectivity index (χ0v) is 29.3. The molecular formula is C35H38N4O13S.